The lowest BCUT2D eigenvalue weighted by Gasteiger charge is -2.36. The van der Waals surface area contributed by atoms with Crippen molar-refractivity contribution in [1.29, 1.82) is 0 Å². The molecular weight excluding hydrogens is 900 g/mol. The number of cyclic esters (lactones) is 2. The van der Waals surface area contributed by atoms with Crippen molar-refractivity contribution in [2.24, 2.45) is 17.3 Å². The van der Waals surface area contributed by atoms with Gasteiger partial charge in [-0.25, -0.2) is 4.79 Å². The smallest absolute Gasteiger partial charge is 0.347 e. The number of benzene rings is 2. The lowest BCUT2D eigenvalue weighted by atomic mass is 9.92. The van der Waals surface area contributed by atoms with Crippen LogP contribution in [-0.4, -0.2) is 150 Å². The van der Waals surface area contributed by atoms with E-state index in [0.717, 1.165) is 38.2 Å². The second-order valence-corrected chi connectivity index (χ2v) is 19.1. The summed E-state index contributed by atoms with van der Waals surface area (Å²) in [6.07, 6.45) is 1.80. The Morgan fingerprint density at radius 3 is 2.29 bits per heavy atom. The summed E-state index contributed by atoms with van der Waals surface area (Å²) in [4.78, 5) is 67.7. The molecule has 1 unspecified atom stereocenters. The Bertz CT molecular complexity index is 2000. The molecule has 0 saturated carbocycles. The second kappa shape index (κ2) is 27.0. The molecule has 18 heteroatoms. The van der Waals surface area contributed by atoms with Crippen LogP contribution in [0.15, 0.2) is 54.6 Å². The van der Waals surface area contributed by atoms with Gasteiger partial charge in [0.15, 0.2) is 6.10 Å². The number of carboxylic acid groups (broad SMARTS) is 1. The first-order valence-electron chi connectivity index (χ1n) is 23.7. The number of piperazine rings is 1. The number of aliphatic carboxylic acids is 1. The monoisotopic (exact) mass is 970 g/mol. The van der Waals surface area contributed by atoms with E-state index in [1.165, 1.54) is 18.7 Å². The van der Waals surface area contributed by atoms with Gasteiger partial charge in [0.1, 0.15) is 24.0 Å². The van der Waals surface area contributed by atoms with Gasteiger partial charge >= 0.3 is 17.9 Å². The molecule has 0 bridgehead atoms. The van der Waals surface area contributed by atoms with Gasteiger partial charge in [0, 0.05) is 57.5 Å². The number of rotatable bonds is 22. The number of amides is 2. The fourth-order valence-electron chi connectivity index (χ4n) is 8.12. The molecule has 4 N–H and O–H groups in total. The fraction of sp³-hybridized carbons (Fsp3) is 0.620. The summed E-state index contributed by atoms with van der Waals surface area (Å²) < 4.78 is 40.2. The lowest BCUT2D eigenvalue weighted by Crippen LogP contribution is -2.53. The van der Waals surface area contributed by atoms with Crippen LogP contribution < -0.4 is 20.7 Å². The molecule has 7 atom stereocenters. The Morgan fingerprint density at radius 2 is 1.62 bits per heavy atom. The van der Waals surface area contributed by atoms with E-state index in [9.17, 15) is 24.0 Å². The minimum atomic E-state index is -1.23. The van der Waals surface area contributed by atoms with Gasteiger partial charge in [-0.2, -0.15) is 0 Å². The summed E-state index contributed by atoms with van der Waals surface area (Å²) in [5.74, 6) is -3.14. The minimum Gasteiger partial charge on any atom is -0.495 e. The van der Waals surface area contributed by atoms with Crippen molar-refractivity contribution in [2.75, 3.05) is 79.5 Å². The number of halogens is 1. The van der Waals surface area contributed by atoms with Gasteiger partial charge in [-0.05, 0) is 67.5 Å². The predicted molar refractivity (Wildman–Crippen MR) is 253 cm³/mol. The normalized spacial score (nSPS) is 24.4. The van der Waals surface area contributed by atoms with Crippen LogP contribution in [0.1, 0.15) is 76.7 Å². The maximum absolute atomic E-state index is 13.9. The Hall–Kier alpha value is -4.62. The molecule has 376 valence electrons. The quantitative estimate of drug-likeness (QED) is 0.0729. The molecule has 2 aromatic rings. The van der Waals surface area contributed by atoms with Crippen molar-refractivity contribution >= 4 is 41.3 Å². The highest BCUT2D eigenvalue weighted by atomic mass is 35.5. The number of esters is 2. The number of epoxide rings is 1. The van der Waals surface area contributed by atoms with E-state index in [2.05, 4.69) is 45.1 Å². The highest BCUT2D eigenvalue weighted by Gasteiger charge is 2.48. The maximum Gasteiger partial charge on any atom is 0.347 e. The molecule has 3 heterocycles. The number of methoxy groups -OCH3 is 1. The lowest BCUT2D eigenvalue weighted by molar-refractivity contribution is -0.179. The van der Waals surface area contributed by atoms with Gasteiger partial charge in [0.2, 0.25) is 11.8 Å². The van der Waals surface area contributed by atoms with E-state index in [1.807, 2.05) is 20.8 Å². The SMILES string of the molecule is COc1ccc(C[C@H]2NC(=O)C=CC[C@@H]([C@H](C)[C@H]3O[C@@H]3c3ccc(CC4CNCCN4CCOCCOCCOCCC(=O)O)cc3)OC(=O)[C@H](CC(C)C)OC(=O)C(C)(C)CNC2=O)cc1Cl. The third-order valence-electron chi connectivity index (χ3n) is 12.3. The number of ether oxygens (including phenoxy) is 7. The topological polar surface area (TPSA) is 213 Å². The minimum absolute atomic E-state index is 0.0140. The van der Waals surface area contributed by atoms with Crippen molar-refractivity contribution in [1.82, 2.24) is 20.9 Å². The number of carbonyl (C=O) groups is 5. The first-order valence-corrected chi connectivity index (χ1v) is 24.0. The molecule has 2 amide bonds. The molecule has 17 nitrogen and oxygen atoms in total. The van der Waals surface area contributed by atoms with Gasteiger partial charge in [-0.1, -0.05) is 68.8 Å². The van der Waals surface area contributed by atoms with E-state index >= 15 is 0 Å². The van der Waals surface area contributed by atoms with Gasteiger partial charge in [0.05, 0.1) is 69.7 Å². The standard InChI is InChI=1S/C50H71ClN4O13/c1-32(2)26-42-48(60)66-40(8-7-9-43(56)54-39(29-35-12-15-41(62-6)38(51)28-35)47(59)53-31-50(4,5)49(61)67-42)33(3)45-46(68-45)36-13-10-34(11-14-36)27-37-30-52-17-18-55(37)19-21-64-23-25-65-24-22-63-20-16-44(57)58/h7,9-15,28,32-33,37,39-40,42,45-46,52H,8,16-27,29-31H2,1-6H3,(H,53,59)(H,54,56)(H,57,58)/t33-,37?,39+,40-,42-,45+,46+/m0/s1. The summed E-state index contributed by atoms with van der Waals surface area (Å²) in [5, 5.41) is 18.1. The summed E-state index contributed by atoms with van der Waals surface area (Å²) >= 11 is 6.38. The average Bonchev–Trinajstić information content (AvgIpc) is 4.10. The highest BCUT2D eigenvalue weighted by molar-refractivity contribution is 6.32. The first-order chi connectivity index (χ1) is 32.5. The zero-order chi connectivity index (χ0) is 49.2. The van der Waals surface area contributed by atoms with Crippen LogP contribution in [0.25, 0.3) is 0 Å². The van der Waals surface area contributed by atoms with Crippen molar-refractivity contribution in [3.05, 3.63) is 76.3 Å². The van der Waals surface area contributed by atoms with E-state index in [0.29, 0.717) is 49.4 Å². The predicted octanol–water partition coefficient (Wildman–Crippen LogP) is 4.46. The summed E-state index contributed by atoms with van der Waals surface area (Å²) in [6, 6.07) is 12.8. The van der Waals surface area contributed by atoms with Crippen LogP contribution in [0.2, 0.25) is 5.02 Å². The van der Waals surface area contributed by atoms with Gasteiger partial charge < -0.3 is 54.2 Å². The van der Waals surface area contributed by atoms with Crippen molar-refractivity contribution in [2.45, 2.75) is 103 Å². The molecule has 0 aromatic heterocycles. The van der Waals surface area contributed by atoms with E-state index < -0.39 is 53.4 Å². The molecule has 0 aliphatic carbocycles. The molecule has 3 aliphatic heterocycles. The molecule has 2 saturated heterocycles. The van der Waals surface area contributed by atoms with Gasteiger partial charge in [-0.3, -0.25) is 24.1 Å². The molecule has 2 fully saturated rings. The van der Waals surface area contributed by atoms with Crippen LogP contribution >= 0.6 is 11.6 Å². The van der Waals surface area contributed by atoms with Crippen LogP contribution in [0, 0.1) is 17.3 Å². The Balaban J connectivity index is 1.20. The molecule has 5 rings (SSSR count). The third kappa shape index (κ3) is 17.4. The molecule has 68 heavy (non-hydrogen) atoms. The first kappa shape index (κ1) is 54.3. The second-order valence-electron chi connectivity index (χ2n) is 18.7. The Morgan fingerprint density at radius 1 is 0.926 bits per heavy atom. The summed E-state index contributed by atoms with van der Waals surface area (Å²) in [7, 11) is 1.50. The zero-order valence-corrected chi connectivity index (χ0v) is 41.1. The number of hydrogen-bond acceptors (Lipinski definition) is 14. The number of nitrogens with zero attached hydrogens (tertiary/aromatic N) is 1. The van der Waals surface area contributed by atoms with E-state index in [4.69, 9.17) is 49.9 Å². The summed E-state index contributed by atoms with van der Waals surface area (Å²) in [6.45, 7) is 14.7. The number of carbonyl (C=O) groups excluding carboxylic acids is 4. The Labute approximate surface area is 405 Å². The highest BCUT2D eigenvalue weighted by Crippen LogP contribution is 2.45. The van der Waals surface area contributed by atoms with Crippen molar-refractivity contribution in [3.63, 3.8) is 0 Å². The summed E-state index contributed by atoms with van der Waals surface area (Å²) in [5.41, 5.74) is 1.63. The molecule has 3 aliphatic rings. The molecule has 2 aromatic carbocycles. The van der Waals surface area contributed by atoms with E-state index in [-0.39, 0.29) is 68.9 Å². The third-order valence-corrected chi connectivity index (χ3v) is 12.6. The number of carboxylic acids is 1. The van der Waals surface area contributed by atoms with Crippen LogP contribution in [0.3, 0.4) is 0 Å². The van der Waals surface area contributed by atoms with Crippen LogP contribution in [0.5, 0.6) is 5.75 Å². The number of nitrogens with one attached hydrogen (secondary N) is 3. The fourth-order valence-corrected chi connectivity index (χ4v) is 8.40. The zero-order valence-electron chi connectivity index (χ0n) is 40.3. The molecule has 0 spiro atoms. The van der Waals surface area contributed by atoms with Crippen LogP contribution in [0.4, 0.5) is 0 Å². The number of hydrogen-bond donors (Lipinski definition) is 4. The van der Waals surface area contributed by atoms with Gasteiger partial charge in [-0.15, -0.1) is 0 Å². The van der Waals surface area contributed by atoms with E-state index in [1.54, 1.807) is 38.1 Å². The molecular formula is C50H71ClN4O13. The largest absolute Gasteiger partial charge is 0.495 e. The van der Waals surface area contributed by atoms with Gasteiger partial charge in [0.25, 0.3) is 0 Å². The molecule has 0 radical (unpaired) electrons. The maximum atomic E-state index is 13.9. The van der Waals surface area contributed by atoms with Crippen molar-refractivity contribution < 1.29 is 62.2 Å². The Kier molecular flexibility index (Phi) is 21.5. The van der Waals surface area contributed by atoms with Crippen molar-refractivity contribution in [3.8, 4) is 5.75 Å². The van der Waals surface area contributed by atoms with Crippen LogP contribution in [-0.2, 0) is 65.2 Å². The average molecular weight is 972 g/mol.